The summed E-state index contributed by atoms with van der Waals surface area (Å²) in [6.07, 6.45) is 0.288. The van der Waals surface area contributed by atoms with Gasteiger partial charge >= 0.3 is 6.03 Å². The van der Waals surface area contributed by atoms with Gasteiger partial charge in [0.1, 0.15) is 0 Å². The number of aryl methyl sites for hydroxylation is 1. The zero-order valence-electron chi connectivity index (χ0n) is 15.2. The predicted molar refractivity (Wildman–Crippen MR) is 98.3 cm³/mol. The van der Waals surface area contributed by atoms with Gasteiger partial charge in [0, 0.05) is 7.05 Å². The fourth-order valence-electron chi connectivity index (χ4n) is 3.45. The van der Waals surface area contributed by atoms with Gasteiger partial charge in [0.2, 0.25) is 0 Å². The molecular formula is C21H22N2O3. The number of amides is 4. The zero-order chi connectivity index (χ0) is 18.9. The third kappa shape index (κ3) is 2.69. The number of urea groups is 1. The van der Waals surface area contributed by atoms with Crippen molar-refractivity contribution in [3.05, 3.63) is 71.3 Å². The second-order valence-electron chi connectivity index (χ2n) is 6.65. The van der Waals surface area contributed by atoms with Crippen LogP contribution in [-0.4, -0.2) is 34.7 Å². The van der Waals surface area contributed by atoms with Gasteiger partial charge in [0.15, 0.2) is 5.41 Å². The highest BCUT2D eigenvalue weighted by Gasteiger charge is 2.56. The third-order valence-corrected chi connectivity index (χ3v) is 5.06. The number of imide groups is 2. The van der Waals surface area contributed by atoms with Crippen LogP contribution in [0.15, 0.2) is 54.6 Å². The Hall–Kier alpha value is -2.95. The SMILES string of the molecule is CC[C@]1(c2ccccc2)C(=O)N(C)C(=O)N(Cc2ccc(C)cc2)C1=O. The van der Waals surface area contributed by atoms with Gasteiger partial charge in [-0.3, -0.25) is 19.4 Å². The number of carbonyl (C=O) groups is 3. The summed E-state index contributed by atoms with van der Waals surface area (Å²) in [4.78, 5) is 41.3. The number of nitrogens with zero attached hydrogens (tertiary/aromatic N) is 2. The van der Waals surface area contributed by atoms with E-state index in [-0.39, 0.29) is 13.0 Å². The first-order valence-electron chi connectivity index (χ1n) is 8.67. The van der Waals surface area contributed by atoms with Gasteiger partial charge in [-0.05, 0) is 24.5 Å². The van der Waals surface area contributed by atoms with Crippen LogP contribution in [-0.2, 0) is 21.5 Å². The highest BCUT2D eigenvalue weighted by molar-refractivity contribution is 6.22. The van der Waals surface area contributed by atoms with E-state index in [4.69, 9.17) is 0 Å². The maximum atomic E-state index is 13.4. The van der Waals surface area contributed by atoms with Gasteiger partial charge in [-0.15, -0.1) is 0 Å². The Morgan fingerprint density at radius 3 is 2.08 bits per heavy atom. The van der Waals surface area contributed by atoms with Crippen molar-refractivity contribution < 1.29 is 14.4 Å². The van der Waals surface area contributed by atoms with E-state index in [1.54, 1.807) is 31.2 Å². The van der Waals surface area contributed by atoms with Gasteiger partial charge in [-0.25, -0.2) is 4.79 Å². The highest BCUT2D eigenvalue weighted by Crippen LogP contribution is 2.36. The van der Waals surface area contributed by atoms with Gasteiger partial charge in [0.05, 0.1) is 6.54 Å². The molecule has 1 heterocycles. The lowest BCUT2D eigenvalue weighted by Crippen LogP contribution is -2.65. The summed E-state index contributed by atoms with van der Waals surface area (Å²) in [6.45, 7) is 3.92. The minimum atomic E-state index is -1.37. The van der Waals surface area contributed by atoms with E-state index in [1.165, 1.54) is 11.9 Å². The fourth-order valence-corrected chi connectivity index (χ4v) is 3.45. The molecule has 0 saturated carbocycles. The maximum absolute atomic E-state index is 13.4. The minimum Gasteiger partial charge on any atom is -0.273 e. The lowest BCUT2D eigenvalue weighted by molar-refractivity contribution is -0.152. The topological polar surface area (TPSA) is 57.7 Å². The van der Waals surface area contributed by atoms with E-state index >= 15 is 0 Å². The average Bonchev–Trinajstić information content (AvgIpc) is 2.67. The van der Waals surface area contributed by atoms with E-state index in [0.29, 0.717) is 5.56 Å². The number of carbonyl (C=O) groups excluding carboxylic acids is 3. The zero-order valence-corrected chi connectivity index (χ0v) is 15.2. The summed E-state index contributed by atoms with van der Waals surface area (Å²) in [7, 11) is 1.44. The van der Waals surface area contributed by atoms with Crippen molar-refractivity contribution in [2.75, 3.05) is 7.05 Å². The van der Waals surface area contributed by atoms with Crippen molar-refractivity contribution in [1.82, 2.24) is 9.80 Å². The molecule has 1 saturated heterocycles. The summed E-state index contributed by atoms with van der Waals surface area (Å²) in [5.41, 5.74) is 1.20. The van der Waals surface area contributed by atoms with Crippen molar-refractivity contribution in [2.24, 2.45) is 0 Å². The Bertz CT molecular complexity index is 845. The summed E-state index contributed by atoms with van der Waals surface area (Å²) < 4.78 is 0. The first-order chi connectivity index (χ1) is 12.4. The van der Waals surface area contributed by atoms with Crippen molar-refractivity contribution in [1.29, 1.82) is 0 Å². The molecule has 26 heavy (non-hydrogen) atoms. The van der Waals surface area contributed by atoms with Crippen LogP contribution < -0.4 is 0 Å². The molecule has 1 atom stereocenters. The van der Waals surface area contributed by atoms with Crippen LogP contribution in [0, 0.1) is 6.92 Å². The normalized spacial score (nSPS) is 20.7. The van der Waals surface area contributed by atoms with Gasteiger partial charge in [-0.1, -0.05) is 67.1 Å². The van der Waals surface area contributed by atoms with Crippen LogP contribution in [0.1, 0.15) is 30.0 Å². The molecule has 0 N–H and O–H groups in total. The molecule has 1 aliphatic heterocycles. The average molecular weight is 350 g/mol. The first-order valence-corrected chi connectivity index (χ1v) is 8.67. The Morgan fingerprint density at radius 2 is 1.50 bits per heavy atom. The molecule has 1 aliphatic rings. The Labute approximate surface area is 153 Å². The Balaban J connectivity index is 2.06. The number of hydrogen-bond donors (Lipinski definition) is 0. The lowest BCUT2D eigenvalue weighted by Gasteiger charge is -2.42. The number of rotatable bonds is 4. The van der Waals surface area contributed by atoms with Crippen molar-refractivity contribution in [3.8, 4) is 0 Å². The summed E-state index contributed by atoms with van der Waals surface area (Å²) in [5.74, 6) is -0.929. The molecule has 1 fully saturated rings. The third-order valence-electron chi connectivity index (χ3n) is 5.06. The molecular weight excluding hydrogens is 328 g/mol. The molecule has 3 rings (SSSR count). The van der Waals surface area contributed by atoms with Crippen LogP contribution in [0.25, 0.3) is 0 Å². The van der Waals surface area contributed by atoms with Crippen LogP contribution in [0.2, 0.25) is 0 Å². The monoisotopic (exact) mass is 350 g/mol. The molecule has 5 nitrogen and oxygen atoms in total. The largest absolute Gasteiger partial charge is 0.333 e. The van der Waals surface area contributed by atoms with Crippen LogP contribution in [0.4, 0.5) is 4.79 Å². The molecule has 0 aliphatic carbocycles. The van der Waals surface area contributed by atoms with E-state index < -0.39 is 23.3 Å². The molecule has 0 bridgehead atoms. The predicted octanol–water partition coefficient (Wildman–Crippen LogP) is 3.26. The highest BCUT2D eigenvalue weighted by atomic mass is 16.2. The quantitative estimate of drug-likeness (QED) is 0.795. The van der Waals surface area contributed by atoms with Crippen LogP contribution in [0.5, 0.6) is 0 Å². The van der Waals surface area contributed by atoms with Crippen LogP contribution in [0.3, 0.4) is 0 Å². The molecule has 0 radical (unpaired) electrons. The van der Waals surface area contributed by atoms with E-state index in [2.05, 4.69) is 0 Å². The Morgan fingerprint density at radius 1 is 0.885 bits per heavy atom. The lowest BCUT2D eigenvalue weighted by atomic mass is 9.74. The summed E-state index contributed by atoms with van der Waals surface area (Å²) >= 11 is 0. The summed E-state index contributed by atoms with van der Waals surface area (Å²) in [5, 5.41) is 0. The molecule has 4 amide bonds. The molecule has 2 aromatic carbocycles. The van der Waals surface area contributed by atoms with Crippen molar-refractivity contribution in [2.45, 2.75) is 32.2 Å². The maximum Gasteiger partial charge on any atom is 0.333 e. The van der Waals surface area contributed by atoms with Crippen molar-refractivity contribution in [3.63, 3.8) is 0 Å². The molecule has 2 aromatic rings. The second kappa shape index (κ2) is 6.75. The van der Waals surface area contributed by atoms with E-state index in [1.807, 2.05) is 37.3 Å². The number of likely N-dealkylation sites (N-methyl/N-ethyl adjacent to an activating group) is 1. The number of hydrogen-bond acceptors (Lipinski definition) is 3. The minimum absolute atomic E-state index is 0.143. The Kier molecular flexibility index (Phi) is 4.64. The van der Waals surface area contributed by atoms with Crippen LogP contribution >= 0.6 is 0 Å². The van der Waals surface area contributed by atoms with Crippen molar-refractivity contribution >= 4 is 17.8 Å². The molecule has 0 spiro atoms. The second-order valence-corrected chi connectivity index (χ2v) is 6.65. The standard InChI is InChI=1S/C21H22N2O3/c1-4-21(17-8-6-5-7-9-17)18(24)22(3)20(26)23(19(21)25)14-16-12-10-15(2)11-13-16/h5-13H,4,14H2,1-3H3/t21-/m0/s1. The molecule has 0 aromatic heterocycles. The first kappa shape index (κ1) is 17.9. The smallest absolute Gasteiger partial charge is 0.273 e. The van der Waals surface area contributed by atoms with Gasteiger partial charge < -0.3 is 0 Å². The van der Waals surface area contributed by atoms with Gasteiger partial charge in [-0.2, -0.15) is 0 Å². The summed E-state index contributed by atoms with van der Waals surface area (Å²) in [6, 6.07) is 16.1. The fraction of sp³-hybridized carbons (Fsp3) is 0.286. The number of barbiturate groups is 1. The van der Waals surface area contributed by atoms with E-state index in [0.717, 1.165) is 16.0 Å². The molecule has 5 heteroatoms. The number of benzene rings is 2. The van der Waals surface area contributed by atoms with Gasteiger partial charge in [0.25, 0.3) is 11.8 Å². The molecule has 0 unspecified atom stereocenters. The van der Waals surface area contributed by atoms with E-state index in [9.17, 15) is 14.4 Å². The molecule has 134 valence electrons.